The van der Waals surface area contributed by atoms with E-state index in [0.717, 1.165) is 32.1 Å². The Bertz CT molecular complexity index is 343. The van der Waals surface area contributed by atoms with Crippen molar-refractivity contribution < 1.29 is 19.7 Å². The molecule has 2 aliphatic carbocycles. The van der Waals surface area contributed by atoms with Crippen molar-refractivity contribution in [1.82, 2.24) is 0 Å². The van der Waals surface area contributed by atoms with Gasteiger partial charge >= 0.3 is 5.97 Å². The van der Waals surface area contributed by atoms with Crippen LogP contribution in [-0.2, 0) is 9.53 Å². The third-order valence-corrected chi connectivity index (χ3v) is 4.86. The predicted molar refractivity (Wildman–Crippen MR) is 71.5 cm³/mol. The first kappa shape index (κ1) is 14.8. The molecule has 4 atom stereocenters. The minimum atomic E-state index is -0.862. The van der Waals surface area contributed by atoms with Crippen LogP contribution in [0, 0.1) is 11.8 Å². The quantitative estimate of drug-likeness (QED) is 0.767. The van der Waals surface area contributed by atoms with Gasteiger partial charge in [0.25, 0.3) is 0 Å². The van der Waals surface area contributed by atoms with Crippen LogP contribution in [-0.4, -0.2) is 34.0 Å². The molecule has 0 aromatic carbocycles. The van der Waals surface area contributed by atoms with Gasteiger partial charge in [0, 0.05) is 6.42 Å². The number of rotatable bonds is 4. The van der Waals surface area contributed by atoms with E-state index in [-0.39, 0.29) is 18.5 Å². The second-order valence-corrected chi connectivity index (χ2v) is 6.64. The lowest BCUT2D eigenvalue weighted by atomic mass is 9.63. The van der Waals surface area contributed by atoms with Crippen LogP contribution >= 0.6 is 0 Å². The van der Waals surface area contributed by atoms with Crippen molar-refractivity contribution in [1.29, 1.82) is 0 Å². The summed E-state index contributed by atoms with van der Waals surface area (Å²) in [6.45, 7) is 3.60. The molecule has 0 amide bonds. The molecule has 110 valence electrons. The van der Waals surface area contributed by atoms with Gasteiger partial charge in [-0.1, -0.05) is 26.7 Å². The molecule has 19 heavy (non-hydrogen) atoms. The molecule has 4 unspecified atom stereocenters. The summed E-state index contributed by atoms with van der Waals surface area (Å²) in [4.78, 5) is 12.0. The van der Waals surface area contributed by atoms with Crippen LogP contribution in [0.2, 0.25) is 0 Å². The number of carbonyl (C=O) groups excluding carboxylic acids is 1. The Morgan fingerprint density at radius 3 is 2.79 bits per heavy atom. The molecular weight excluding hydrogens is 244 g/mol. The van der Waals surface area contributed by atoms with E-state index in [1.165, 1.54) is 0 Å². The minimum Gasteiger partial charge on any atom is -0.456 e. The zero-order chi connectivity index (χ0) is 14.1. The number of carbonyl (C=O) groups is 1. The maximum atomic E-state index is 12.0. The number of fused-ring (bicyclic) bond motifs is 2. The third-order valence-electron chi connectivity index (χ3n) is 4.86. The van der Waals surface area contributed by atoms with Gasteiger partial charge < -0.3 is 14.9 Å². The summed E-state index contributed by atoms with van der Waals surface area (Å²) in [5.74, 6) is -0.0376. The minimum absolute atomic E-state index is 0.153. The Morgan fingerprint density at radius 2 is 2.21 bits per heavy atom. The first-order chi connectivity index (χ1) is 8.92. The van der Waals surface area contributed by atoms with Gasteiger partial charge in [0.05, 0.1) is 18.1 Å². The van der Waals surface area contributed by atoms with Gasteiger partial charge in [-0.3, -0.25) is 4.79 Å². The lowest BCUT2D eigenvalue weighted by Crippen LogP contribution is -2.55. The fourth-order valence-corrected chi connectivity index (χ4v) is 3.71. The van der Waals surface area contributed by atoms with Crippen LogP contribution in [0.15, 0.2) is 0 Å². The average molecular weight is 270 g/mol. The fourth-order valence-electron chi connectivity index (χ4n) is 3.71. The second kappa shape index (κ2) is 5.41. The molecule has 2 rings (SSSR count). The molecule has 2 N–H and O–H groups in total. The predicted octanol–water partition coefficient (Wildman–Crippen LogP) is 2.02. The molecule has 4 nitrogen and oxygen atoms in total. The summed E-state index contributed by atoms with van der Waals surface area (Å²) >= 11 is 0. The van der Waals surface area contributed by atoms with Gasteiger partial charge in [0.2, 0.25) is 0 Å². The van der Waals surface area contributed by atoms with E-state index in [4.69, 9.17) is 4.74 Å². The topological polar surface area (TPSA) is 66.8 Å². The summed E-state index contributed by atoms with van der Waals surface area (Å²) < 4.78 is 5.63. The first-order valence-electron chi connectivity index (χ1n) is 7.48. The van der Waals surface area contributed by atoms with Crippen molar-refractivity contribution in [2.75, 3.05) is 6.61 Å². The highest BCUT2D eigenvalue weighted by molar-refractivity contribution is 5.72. The molecule has 0 aliphatic heterocycles. The molecule has 0 aromatic rings. The number of ether oxygens (including phenoxy) is 1. The van der Waals surface area contributed by atoms with Crippen molar-refractivity contribution in [3.8, 4) is 0 Å². The molecule has 4 heteroatoms. The molecule has 0 heterocycles. The number of hydrogen-bond acceptors (Lipinski definition) is 4. The standard InChI is InChI=1S/C15H26O4/c1-3-11(2)13(17)19-15(10-16)8-12-5-4-6-14(18,7-12)9-15/h11-12,16,18H,3-10H2,1-2H3. The Balaban J connectivity index is 2.12. The van der Waals surface area contributed by atoms with Crippen molar-refractivity contribution in [2.24, 2.45) is 11.8 Å². The number of esters is 1. The van der Waals surface area contributed by atoms with Crippen molar-refractivity contribution in [3.05, 3.63) is 0 Å². The molecule has 0 saturated heterocycles. The lowest BCUT2D eigenvalue weighted by molar-refractivity contribution is -0.197. The maximum Gasteiger partial charge on any atom is 0.309 e. The van der Waals surface area contributed by atoms with Crippen molar-refractivity contribution >= 4 is 5.97 Å². The first-order valence-corrected chi connectivity index (χ1v) is 7.48. The Kier molecular flexibility index (Phi) is 4.21. The highest BCUT2D eigenvalue weighted by atomic mass is 16.6. The SMILES string of the molecule is CCC(C)C(=O)OC1(CO)CC2CCCC(O)(C2)C1. The normalized spacial score (nSPS) is 39.7. The van der Waals surface area contributed by atoms with E-state index < -0.39 is 11.2 Å². The molecular formula is C15H26O4. The molecule has 2 saturated carbocycles. The molecule has 0 radical (unpaired) electrons. The van der Waals surface area contributed by atoms with E-state index in [1.807, 2.05) is 13.8 Å². The monoisotopic (exact) mass is 270 g/mol. The zero-order valence-corrected chi connectivity index (χ0v) is 12.0. The van der Waals surface area contributed by atoms with E-state index >= 15 is 0 Å². The van der Waals surface area contributed by atoms with Crippen molar-refractivity contribution in [2.45, 2.75) is 70.0 Å². The number of aliphatic hydroxyl groups is 2. The van der Waals surface area contributed by atoms with Gasteiger partial charge in [-0.25, -0.2) is 0 Å². The highest BCUT2D eigenvalue weighted by Crippen LogP contribution is 2.48. The Morgan fingerprint density at radius 1 is 1.47 bits per heavy atom. The molecule has 2 bridgehead atoms. The Hall–Kier alpha value is -0.610. The van der Waals surface area contributed by atoms with Crippen LogP contribution < -0.4 is 0 Å². The lowest BCUT2D eigenvalue weighted by Gasteiger charge is -2.50. The largest absolute Gasteiger partial charge is 0.456 e. The van der Waals surface area contributed by atoms with Gasteiger partial charge in [0.15, 0.2) is 0 Å². The highest BCUT2D eigenvalue weighted by Gasteiger charge is 2.51. The summed E-state index contributed by atoms with van der Waals surface area (Å²) in [5, 5.41) is 20.3. The zero-order valence-electron chi connectivity index (χ0n) is 12.0. The van der Waals surface area contributed by atoms with Crippen LogP contribution in [0.25, 0.3) is 0 Å². The van der Waals surface area contributed by atoms with Crippen LogP contribution in [0.1, 0.15) is 58.8 Å². The maximum absolute atomic E-state index is 12.0. The van der Waals surface area contributed by atoms with Gasteiger partial charge in [-0.15, -0.1) is 0 Å². The Labute approximate surface area is 115 Å². The number of hydrogen-bond donors (Lipinski definition) is 2. The van der Waals surface area contributed by atoms with E-state index in [1.54, 1.807) is 0 Å². The summed E-state index contributed by atoms with van der Waals surface area (Å²) in [5.41, 5.74) is -1.61. The summed E-state index contributed by atoms with van der Waals surface area (Å²) in [6.07, 6.45) is 5.44. The molecule has 2 fully saturated rings. The molecule has 0 spiro atoms. The van der Waals surface area contributed by atoms with Gasteiger partial charge in [-0.2, -0.15) is 0 Å². The number of aliphatic hydroxyl groups excluding tert-OH is 1. The summed E-state index contributed by atoms with van der Waals surface area (Å²) in [6, 6.07) is 0. The van der Waals surface area contributed by atoms with Crippen molar-refractivity contribution in [3.63, 3.8) is 0 Å². The van der Waals surface area contributed by atoms with Gasteiger partial charge in [-0.05, 0) is 31.6 Å². The van der Waals surface area contributed by atoms with Gasteiger partial charge in [0.1, 0.15) is 5.60 Å². The second-order valence-electron chi connectivity index (χ2n) is 6.64. The molecule has 0 aromatic heterocycles. The van der Waals surface area contributed by atoms with Crippen LogP contribution in [0.5, 0.6) is 0 Å². The van der Waals surface area contributed by atoms with Crippen LogP contribution in [0.3, 0.4) is 0 Å². The molecule has 2 aliphatic rings. The fraction of sp³-hybridized carbons (Fsp3) is 0.933. The smallest absolute Gasteiger partial charge is 0.309 e. The van der Waals surface area contributed by atoms with E-state index in [0.29, 0.717) is 18.8 Å². The third kappa shape index (κ3) is 3.11. The van der Waals surface area contributed by atoms with Crippen LogP contribution in [0.4, 0.5) is 0 Å². The van der Waals surface area contributed by atoms with E-state index in [2.05, 4.69) is 0 Å². The summed E-state index contributed by atoms with van der Waals surface area (Å²) in [7, 11) is 0. The van der Waals surface area contributed by atoms with E-state index in [9.17, 15) is 15.0 Å². The average Bonchev–Trinajstić information content (AvgIpc) is 2.36.